The zero-order chi connectivity index (χ0) is 19.7. The van der Waals surface area contributed by atoms with Crippen molar-refractivity contribution in [3.8, 4) is 0 Å². The van der Waals surface area contributed by atoms with Crippen molar-refractivity contribution in [1.82, 2.24) is 4.72 Å². The van der Waals surface area contributed by atoms with Crippen molar-refractivity contribution in [2.24, 2.45) is 4.47 Å². The first-order valence-corrected chi connectivity index (χ1v) is 10.7. The lowest BCUT2D eigenvalue weighted by Crippen LogP contribution is -2.34. The Hall–Kier alpha value is -2.92. The Morgan fingerprint density at radius 2 is 1.68 bits per heavy atom. The van der Waals surface area contributed by atoms with Crippen LogP contribution in [0.3, 0.4) is 0 Å². The van der Waals surface area contributed by atoms with Gasteiger partial charge in [0.25, 0.3) is 0 Å². The van der Waals surface area contributed by atoms with Crippen molar-refractivity contribution in [3.05, 3.63) is 69.9 Å². The van der Waals surface area contributed by atoms with E-state index < -0.39 is 21.8 Å². The highest BCUT2D eigenvalue weighted by Gasteiger charge is 2.26. The largest absolute Gasteiger partial charge is 0.332 e. The van der Waals surface area contributed by atoms with Crippen LogP contribution < -0.4 is 10.0 Å². The summed E-state index contributed by atoms with van der Waals surface area (Å²) in [5.74, 6) is -0.506. The fourth-order valence-electron chi connectivity index (χ4n) is 4.03. The molecule has 0 aliphatic heterocycles. The van der Waals surface area contributed by atoms with E-state index in [1.54, 1.807) is 0 Å². The van der Waals surface area contributed by atoms with E-state index >= 15 is 0 Å². The molecular weight excluding hydrogens is 379 g/mol. The number of aryl methyl sites for hydroxylation is 2. The molecule has 1 atom stereocenters. The van der Waals surface area contributed by atoms with Gasteiger partial charge in [0.1, 0.15) is 5.82 Å². The molecule has 0 saturated carbocycles. The number of anilines is 1. The van der Waals surface area contributed by atoms with Crippen LogP contribution >= 0.6 is 0 Å². The van der Waals surface area contributed by atoms with Gasteiger partial charge in [-0.1, -0.05) is 6.07 Å². The number of hydrogen-bond donors (Lipinski definition) is 2. The van der Waals surface area contributed by atoms with Gasteiger partial charge in [0, 0.05) is 5.69 Å². The van der Waals surface area contributed by atoms with Gasteiger partial charge in [-0.25, -0.2) is 18.1 Å². The first-order chi connectivity index (χ1) is 13.5. The van der Waals surface area contributed by atoms with Crippen LogP contribution in [0.2, 0.25) is 0 Å². The standard InChI is InChI=1S/C20H19FN4O2S/c1-22-25-28(27,16-10-8-15(21)9-11-16)24-20(26)23-19-17-6-2-4-13(17)12-14-5-3-7-18(14)19/h8-12H,2-7H2,(H2,23,24,25,26,27). The van der Waals surface area contributed by atoms with E-state index in [-0.39, 0.29) is 4.90 Å². The Balaban J connectivity index is 1.65. The fraction of sp³-hybridized carbons (Fsp3) is 0.300. The van der Waals surface area contributed by atoms with Crippen LogP contribution in [0.15, 0.2) is 39.7 Å². The van der Waals surface area contributed by atoms with Crippen LogP contribution in [0.4, 0.5) is 14.9 Å². The molecule has 0 radical (unpaired) electrons. The van der Waals surface area contributed by atoms with E-state index in [0.29, 0.717) is 0 Å². The minimum Gasteiger partial charge on any atom is -0.307 e. The maximum Gasteiger partial charge on any atom is 0.332 e. The number of benzene rings is 2. The van der Waals surface area contributed by atoms with Gasteiger partial charge < -0.3 is 5.32 Å². The molecule has 4 rings (SSSR count). The summed E-state index contributed by atoms with van der Waals surface area (Å²) in [7, 11) is -3.54. The van der Waals surface area contributed by atoms with Crippen LogP contribution in [0, 0.1) is 12.4 Å². The molecule has 2 N–H and O–H groups in total. The number of fused-ring (bicyclic) bond motifs is 2. The minimum atomic E-state index is -3.54. The Morgan fingerprint density at radius 1 is 1.07 bits per heavy atom. The highest BCUT2D eigenvalue weighted by molar-refractivity contribution is 7.92. The second-order valence-corrected chi connectivity index (χ2v) is 8.84. The molecule has 0 aromatic heterocycles. The number of amides is 2. The second kappa shape index (κ2) is 7.24. The number of nitrogens with one attached hydrogen (secondary N) is 2. The molecule has 0 heterocycles. The Labute approximate surface area is 163 Å². The molecule has 2 aromatic carbocycles. The fourth-order valence-corrected chi connectivity index (χ4v) is 5.21. The van der Waals surface area contributed by atoms with Crippen LogP contribution in [-0.2, 0) is 35.6 Å². The van der Waals surface area contributed by atoms with Gasteiger partial charge in [0.05, 0.1) is 4.90 Å². The summed E-state index contributed by atoms with van der Waals surface area (Å²) in [5.41, 5.74) is 5.63. The summed E-state index contributed by atoms with van der Waals surface area (Å²) in [6.45, 7) is 6.95. The zero-order valence-electron chi connectivity index (χ0n) is 15.1. The molecule has 0 spiro atoms. The average molecular weight is 398 g/mol. The van der Waals surface area contributed by atoms with Gasteiger partial charge in [0.15, 0.2) is 4.47 Å². The Bertz CT molecular complexity index is 1080. The molecule has 28 heavy (non-hydrogen) atoms. The highest BCUT2D eigenvalue weighted by Crippen LogP contribution is 2.38. The van der Waals surface area contributed by atoms with Gasteiger partial charge in [-0.05, 0) is 85.0 Å². The highest BCUT2D eigenvalue weighted by atomic mass is 32.2. The predicted molar refractivity (Wildman–Crippen MR) is 104 cm³/mol. The molecular formula is C20H19FN4O2S. The molecule has 0 bridgehead atoms. The van der Waals surface area contributed by atoms with Crippen LogP contribution in [-0.4, -0.2) is 10.2 Å². The van der Waals surface area contributed by atoms with Gasteiger partial charge in [-0.3, -0.25) is 0 Å². The van der Waals surface area contributed by atoms with E-state index in [2.05, 4.69) is 25.5 Å². The van der Waals surface area contributed by atoms with Crippen molar-refractivity contribution in [1.29, 1.82) is 0 Å². The normalized spacial score (nSPS) is 16.4. The number of urea groups is 1. The lowest BCUT2D eigenvalue weighted by Gasteiger charge is -2.17. The van der Waals surface area contributed by atoms with E-state index in [1.807, 2.05) is 0 Å². The summed E-state index contributed by atoms with van der Waals surface area (Å²) in [4.78, 5) is 15.6. The monoisotopic (exact) mass is 398 g/mol. The topological polar surface area (TPSA) is 74.9 Å². The molecule has 1 unspecified atom stereocenters. The third-order valence-corrected chi connectivity index (χ3v) is 6.92. The van der Waals surface area contributed by atoms with Gasteiger partial charge in [-0.15, -0.1) is 4.95 Å². The van der Waals surface area contributed by atoms with Crippen molar-refractivity contribution in [2.45, 2.75) is 43.4 Å². The molecule has 8 heteroatoms. The van der Waals surface area contributed by atoms with Crippen molar-refractivity contribution < 1.29 is 13.4 Å². The number of carbonyl (C=O) groups excluding carboxylic acids is 1. The molecule has 0 fully saturated rings. The Kier molecular flexibility index (Phi) is 4.77. The summed E-state index contributed by atoms with van der Waals surface area (Å²) < 4.78 is 32.0. The van der Waals surface area contributed by atoms with E-state index in [4.69, 9.17) is 6.57 Å². The maximum absolute atomic E-state index is 13.2. The van der Waals surface area contributed by atoms with Crippen LogP contribution in [0.1, 0.15) is 35.1 Å². The molecule has 6 nitrogen and oxygen atoms in total. The molecule has 2 aliphatic rings. The predicted octanol–water partition coefficient (Wildman–Crippen LogP) is 4.20. The first-order valence-electron chi connectivity index (χ1n) is 9.14. The molecule has 2 aliphatic carbocycles. The second-order valence-electron chi connectivity index (χ2n) is 6.95. The Morgan fingerprint density at radius 3 is 2.25 bits per heavy atom. The smallest absolute Gasteiger partial charge is 0.307 e. The first kappa shape index (κ1) is 18.4. The minimum absolute atomic E-state index is 0.0727. The lowest BCUT2D eigenvalue weighted by atomic mass is 9.99. The van der Waals surface area contributed by atoms with Gasteiger partial charge >= 0.3 is 6.03 Å². The summed E-state index contributed by atoms with van der Waals surface area (Å²) in [6.07, 6.45) is 5.90. The number of rotatable bonds is 3. The number of halogens is 1. The quantitative estimate of drug-likeness (QED) is 0.601. The molecule has 2 amide bonds. The molecule has 2 aromatic rings. The average Bonchev–Trinajstić information content (AvgIpc) is 3.31. The van der Waals surface area contributed by atoms with E-state index in [1.165, 1.54) is 23.3 Å². The van der Waals surface area contributed by atoms with Crippen LogP contribution in [0.25, 0.3) is 4.95 Å². The van der Waals surface area contributed by atoms with E-state index in [9.17, 15) is 13.4 Å². The van der Waals surface area contributed by atoms with Gasteiger partial charge in [-0.2, -0.15) is 6.57 Å². The van der Waals surface area contributed by atoms with Crippen molar-refractivity contribution >= 4 is 21.6 Å². The van der Waals surface area contributed by atoms with E-state index in [0.717, 1.165) is 67.5 Å². The third kappa shape index (κ3) is 3.34. The SMILES string of the molecule is [C-]#[N+]N=S(=O)(NC(=O)Nc1c2c(cc3c1CCC3)CCC2)c1ccc(F)cc1. The third-order valence-electron chi connectivity index (χ3n) is 5.23. The summed E-state index contributed by atoms with van der Waals surface area (Å²) in [6, 6.07) is 6.31. The van der Waals surface area contributed by atoms with Crippen molar-refractivity contribution in [3.63, 3.8) is 0 Å². The number of carbonyl (C=O) groups is 1. The zero-order valence-corrected chi connectivity index (χ0v) is 15.9. The lowest BCUT2D eigenvalue weighted by molar-refractivity contribution is 0.256. The number of hydrogen-bond acceptors (Lipinski definition) is 3. The number of nitrogens with zero attached hydrogens (tertiary/aromatic N) is 2. The molecule has 144 valence electrons. The summed E-state index contributed by atoms with van der Waals surface area (Å²) in [5, 5.41) is 2.87. The maximum atomic E-state index is 13.2. The summed E-state index contributed by atoms with van der Waals surface area (Å²) >= 11 is 0. The van der Waals surface area contributed by atoms with Crippen molar-refractivity contribution in [2.75, 3.05) is 5.32 Å². The molecule has 0 saturated heterocycles. The van der Waals surface area contributed by atoms with Gasteiger partial charge in [0.2, 0.25) is 9.92 Å². The van der Waals surface area contributed by atoms with Crippen LogP contribution in [0.5, 0.6) is 0 Å².